The normalized spacial score (nSPS) is 16.7. The van der Waals surface area contributed by atoms with Crippen molar-refractivity contribution in [2.45, 2.75) is 44.3 Å². The van der Waals surface area contributed by atoms with Crippen LogP contribution in [0.4, 0.5) is 24.0 Å². The molecule has 1 saturated heterocycles. The number of hydrogen-bond acceptors (Lipinski definition) is 7. The van der Waals surface area contributed by atoms with E-state index in [0.717, 1.165) is 29.4 Å². The molecule has 2 amide bonds. The smallest absolute Gasteiger partial charge is 0.435 e. The average molecular weight is 521 g/mol. The predicted octanol–water partition coefficient (Wildman–Crippen LogP) is 2.17. The van der Waals surface area contributed by atoms with Crippen molar-refractivity contribution in [3.63, 3.8) is 0 Å². The number of amides is 2. The molecule has 1 aromatic carbocycles. The summed E-state index contributed by atoms with van der Waals surface area (Å²) in [5, 5.41) is 17.2. The Kier molecular flexibility index (Phi) is 8.09. The van der Waals surface area contributed by atoms with Crippen molar-refractivity contribution in [1.29, 1.82) is 0 Å². The quantitative estimate of drug-likeness (QED) is 0.560. The monoisotopic (exact) mass is 520 g/mol. The summed E-state index contributed by atoms with van der Waals surface area (Å²) in [6.07, 6.45) is 0.729. The third-order valence-electron chi connectivity index (χ3n) is 6.31. The van der Waals surface area contributed by atoms with Crippen LogP contribution in [0.2, 0.25) is 0 Å². The van der Waals surface area contributed by atoms with Crippen molar-refractivity contribution in [2.24, 2.45) is 0 Å². The Morgan fingerprint density at radius 2 is 1.70 bits per heavy atom. The molecule has 10 nitrogen and oxygen atoms in total. The Bertz CT molecular complexity index is 1220. The zero-order valence-electron chi connectivity index (χ0n) is 20.0. The van der Waals surface area contributed by atoms with Gasteiger partial charge in [-0.1, -0.05) is 43.5 Å². The fourth-order valence-electron chi connectivity index (χ4n) is 4.31. The van der Waals surface area contributed by atoms with Crippen molar-refractivity contribution in [3.05, 3.63) is 36.4 Å². The van der Waals surface area contributed by atoms with Crippen LogP contribution in [0.3, 0.4) is 0 Å². The molecule has 2 aliphatic rings. The number of para-hydroxylation sites is 1. The van der Waals surface area contributed by atoms with Crippen molar-refractivity contribution in [2.75, 3.05) is 31.1 Å². The molecule has 0 radical (unpaired) electrons. The van der Waals surface area contributed by atoms with Crippen molar-refractivity contribution >= 4 is 28.9 Å². The molecule has 1 aliphatic carbocycles. The number of aromatic nitrogens is 3. The predicted molar refractivity (Wildman–Crippen MR) is 124 cm³/mol. The van der Waals surface area contributed by atoms with Crippen LogP contribution in [0.5, 0.6) is 0 Å². The molecule has 0 spiro atoms. The highest BCUT2D eigenvalue weighted by Crippen LogP contribution is 2.20. The summed E-state index contributed by atoms with van der Waals surface area (Å²) in [5.41, 5.74) is 1.67. The van der Waals surface area contributed by atoms with Gasteiger partial charge in [0.2, 0.25) is 0 Å². The molecule has 3 aromatic rings. The van der Waals surface area contributed by atoms with E-state index >= 15 is 0 Å². The Labute approximate surface area is 210 Å². The van der Waals surface area contributed by atoms with Crippen LogP contribution in [-0.2, 0) is 4.79 Å². The second-order valence-electron chi connectivity index (χ2n) is 8.89. The van der Waals surface area contributed by atoms with Gasteiger partial charge in [-0.05, 0) is 25.0 Å². The molecule has 37 heavy (non-hydrogen) atoms. The molecular weight excluding hydrogens is 493 g/mol. The molecule has 2 aromatic heterocycles. The van der Waals surface area contributed by atoms with Crippen molar-refractivity contribution < 1.29 is 37.4 Å². The minimum absolute atomic E-state index is 0.0594. The van der Waals surface area contributed by atoms with Crippen LogP contribution < -0.4 is 20.3 Å². The summed E-state index contributed by atoms with van der Waals surface area (Å²) in [6.45, 7) is 2.73. The number of halogens is 3. The number of H-pyrrole nitrogens is 1. The number of carboxylic acids is 1. The fraction of sp³-hybridized carbons (Fsp3) is 0.458. The second kappa shape index (κ2) is 11.4. The Hall–Kier alpha value is -3.90. The fourth-order valence-corrected chi connectivity index (χ4v) is 4.31. The topological polar surface area (TPSA) is 129 Å². The molecule has 2 N–H and O–H groups in total. The van der Waals surface area contributed by atoms with Gasteiger partial charge in [-0.25, -0.2) is 19.3 Å². The zero-order valence-corrected chi connectivity index (χ0v) is 20.0. The number of urea groups is 1. The number of benzene rings is 1. The van der Waals surface area contributed by atoms with Gasteiger partial charge in [0.25, 0.3) is 0 Å². The Morgan fingerprint density at radius 1 is 1.03 bits per heavy atom. The second-order valence-corrected chi connectivity index (χ2v) is 8.89. The highest BCUT2D eigenvalue weighted by Gasteiger charge is 2.30. The summed E-state index contributed by atoms with van der Waals surface area (Å²) in [4.78, 5) is 33.2. The van der Waals surface area contributed by atoms with Gasteiger partial charge in [0, 0.05) is 11.4 Å². The number of nitrogens with zero attached hydrogens (tertiary/aromatic N) is 4. The van der Waals surface area contributed by atoms with Gasteiger partial charge in [-0.3, -0.25) is 4.90 Å². The van der Waals surface area contributed by atoms with Crippen LogP contribution in [0, 0.1) is 0 Å². The van der Waals surface area contributed by atoms with E-state index in [4.69, 9.17) is 14.4 Å². The van der Waals surface area contributed by atoms with Crippen molar-refractivity contribution in [1.82, 2.24) is 20.4 Å². The van der Waals surface area contributed by atoms with Crippen molar-refractivity contribution in [3.8, 4) is 11.5 Å². The number of alkyl halides is 3. The van der Waals surface area contributed by atoms with Gasteiger partial charge in [0.05, 0.1) is 36.9 Å². The molecule has 0 bridgehead atoms. The van der Waals surface area contributed by atoms with Crippen LogP contribution >= 0.6 is 0 Å². The number of aliphatic carboxylic acids is 1. The first-order chi connectivity index (χ1) is 17.7. The van der Waals surface area contributed by atoms with E-state index in [1.807, 2.05) is 41.3 Å². The summed E-state index contributed by atoms with van der Waals surface area (Å²) in [6, 6.07) is 13.0. The molecular formula is C24H27F3N6O4. The van der Waals surface area contributed by atoms with Gasteiger partial charge in [0.15, 0.2) is 0 Å². The lowest BCUT2D eigenvalue weighted by molar-refractivity contribution is -0.356. The third kappa shape index (κ3) is 6.86. The lowest BCUT2D eigenvalue weighted by atomic mass is 9.96. The number of carbonyl (C=O) groups excluding carboxylic acids is 2. The summed E-state index contributed by atoms with van der Waals surface area (Å²) >= 11 is 0. The number of nitrogens with one attached hydrogen (secondary N) is 2. The highest BCUT2D eigenvalue weighted by atomic mass is 19.4. The maximum atomic E-state index is 12.6. The molecule has 3 heterocycles. The molecule has 1 aliphatic heterocycles. The van der Waals surface area contributed by atoms with E-state index in [1.54, 1.807) is 0 Å². The number of hydrogen-bond donors (Lipinski definition) is 1. The largest absolute Gasteiger partial charge is 0.542 e. The van der Waals surface area contributed by atoms with E-state index in [-0.39, 0.29) is 6.03 Å². The van der Waals surface area contributed by atoms with E-state index in [2.05, 4.69) is 25.3 Å². The van der Waals surface area contributed by atoms with Crippen LogP contribution in [-0.4, -0.2) is 65.4 Å². The third-order valence-corrected chi connectivity index (χ3v) is 6.31. The SMILES string of the molecule is O=C(NC1CCCCC1)N1CCN(c2[nH+]c(-c3ccc4ccccc4n3)no2)CC1.O=C([O-])C(F)(F)F. The zero-order chi connectivity index (χ0) is 26.4. The summed E-state index contributed by atoms with van der Waals surface area (Å²) in [5.74, 6) is -2.40. The van der Waals surface area contributed by atoms with Gasteiger partial charge in [-0.15, -0.1) is 0 Å². The number of fused-ring (bicyclic) bond motifs is 1. The number of carboxylic acid groups (broad SMARTS) is 1. The van der Waals surface area contributed by atoms with Gasteiger partial charge >= 0.3 is 24.0 Å². The number of carbonyl (C=O) groups is 2. The lowest BCUT2D eigenvalue weighted by Gasteiger charge is -2.32. The molecule has 13 heteroatoms. The number of pyridine rings is 1. The Morgan fingerprint density at radius 3 is 2.38 bits per heavy atom. The molecule has 1 saturated carbocycles. The minimum atomic E-state index is -5.19. The summed E-state index contributed by atoms with van der Waals surface area (Å²) in [7, 11) is 0. The minimum Gasteiger partial charge on any atom is -0.542 e. The van der Waals surface area contributed by atoms with E-state index < -0.39 is 12.1 Å². The van der Waals surface area contributed by atoms with E-state index in [1.165, 1.54) is 19.3 Å². The van der Waals surface area contributed by atoms with Gasteiger partial charge in [0.1, 0.15) is 11.7 Å². The van der Waals surface area contributed by atoms with E-state index in [0.29, 0.717) is 44.1 Å². The number of aromatic amines is 1. The van der Waals surface area contributed by atoms with Gasteiger partial charge < -0.3 is 20.1 Å². The molecule has 2 fully saturated rings. The van der Waals surface area contributed by atoms with E-state index in [9.17, 15) is 18.0 Å². The number of anilines is 1. The maximum Gasteiger partial charge on any atom is 0.435 e. The number of rotatable bonds is 3. The first kappa shape index (κ1) is 26.2. The lowest BCUT2D eigenvalue weighted by Crippen LogP contribution is -2.54. The highest BCUT2D eigenvalue weighted by molar-refractivity contribution is 5.80. The van der Waals surface area contributed by atoms with Crippen LogP contribution in [0.1, 0.15) is 32.1 Å². The molecule has 0 unspecified atom stereocenters. The molecule has 5 rings (SSSR count). The Balaban J connectivity index is 0.000000405. The van der Waals surface area contributed by atoms with Crippen LogP contribution in [0.15, 0.2) is 40.9 Å². The first-order valence-electron chi connectivity index (χ1n) is 12.0. The van der Waals surface area contributed by atoms with Gasteiger partial charge in [-0.2, -0.15) is 13.2 Å². The van der Waals surface area contributed by atoms with Crippen LogP contribution in [0.25, 0.3) is 22.4 Å². The maximum absolute atomic E-state index is 12.6. The summed E-state index contributed by atoms with van der Waals surface area (Å²) < 4.78 is 37.1. The first-order valence-corrected chi connectivity index (χ1v) is 12.0. The molecule has 198 valence electrons. The molecule has 0 atom stereocenters. The number of piperazine rings is 1. The average Bonchev–Trinajstić information content (AvgIpc) is 3.39. The standard InChI is InChI=1S/C22H26N6O2.C2HF3O2/c29-21(23-17-7-2-1-3-8-17)27-12-14-28(15-13-27)22-25-20(26-30-22)19-11-10-16-6-4-5-9-18(16)24-19;3-2(4,5)1(6)7/h4-6,9-11,17H,1-3,7-8,12-15H2,(H,23,29);(H,6,7).